The van der Waals surface area contributed by atoms with Crippen LogP contribution in [0.2, 0.25) is 0 Å². The van der Waals surface area contributed by atoms with Gasteiger partial charge < -0.3 is 5.73 Å². The monoisotopic (exact) mass is 300 g/mol. The summed E-state index contributed by atoms with van der Waals surface area (Å²) in [6.07, 6.45) is 3.17. The fourth-order valence-corrected chi connectivity index (χ4v) is 1.95. The van der Waals surface area contributed by atoms with Crippen molar-refractivity contribution >= 4 is 17.3 Å². The molecule has 2 N–H and O–H groups in total. The maximum atomic E-state index is 12.2. The number of nitrogens with two attached hydrogens (primary N) is 1. The van der Waals surface area contributed by atoms with Gasteiger partial charge in [0.2, 0.25) is 12.3 Å². The summed E-state index contributed by atoms with van der Waals surface area (Å²) in [4.78, 5) is 33.9. The van der Waals surface area contributed by atoms with Gasteiger partial charge in [0, 0.05) is 23.8 Å². The van der Waals surface area contributed by atoms with E-state index in [1.807, 2.05) is 0 Å². The number of hydrogen-bond donors (Lipinski definition) is 1. The average Bonchev–Trinajstić information content (AvgIpc) is 2.54. The summed E-state index contributed by atoms with van der Waals surface area (Å²) in [5.74, 6) is -0.511. The summed E-state index contributed by atoms with van der Waals surface area (Å²) in [5, 5.41) is 10.7. The number of carbonyl (C=O) groups is 2. The molecule has 0 saturated heterocycles. The number of aromatic nitrogens is 1. The first-order valence-electron chi connectivity index (χ1n) is 6.51. The Balaban J connectivity index is 2.20. The van der Waals surface area contributed by atoms with E-state index in [2.05, 4.69) is 0 Å². The number of benzene rings is 1. The van der Waals surface area contributed by atoms with Gasteiger partial charge in [0.05, 0.1) is 17.0 Å². The number of rotatable bonds is 6. The van der Waals surface area contributed by atoms with Crippen LogP contribution in [0.3, 0.4) is 0 Å². The smallest absolute Gasteiger partial charge is 0.270 e. The van der Waals surface area contributed by atoms with Crippen LogP contribution in [0.15, 0.2) is 48.8 Å². The van der Waals surface area contributed by atoms with Crippen molar-refractivity contribution in [3.8, 4) is 0 Å². The molecule has 112 valence electrons. The van der Waals surface area contributed by atoms with Crippen LogP contribution in [-0.4, -0.2) is 23.0 Å². The summed E-state index contributed by atoms with van der Waals surface area (Å²) in [6.45, 7) is -0.129. The predicted molar refractivity (Wildman–Crippen MR) is 77.4 cm³/mol. The minimum atomic E-state index is -0.551. The van der Waals surface area contributed by atoms with E-state index < -0.39 is 4.92 Å². The Hall–Kier alpha value is -2.93. The highest BCUT2D eigenvalue weighted by Gasteiger charge is 2.16. The molecular formula is C15H14N3O4+. The van der Waals surface area contributed by atoms with Crippen LogP contribution in [0.25, 0.3) is 0 Å². The van der Waals surface area contributed by atoms with Crippen molar-refractivity contribution in [2.24, 2.45) is 5.73 Å². The zero-order chi connectivity index (χ0) is 16.1. The molecule has 0 bridgehead atoms. The number of pyridine rings is 1. The fourth-order valence-electron chi connectivity index (χ4n) is 1.95. The predicted octanol–water partition coefficient (Wildman–Crippen LogP) is 0.907. The van der Waals surface area contributed by atoms with Crippen LogP contribution in [-0.2, 0) is 6.54 Å². The summed E-state index contributed by atoms with van der Waals surface area (Å²) >= 11 is 0. The Labute approximate surface area is 126 Å². The SMILES string of the molecule is NCC(=O)c1ccc[n+](CC(=O)c2cccc([N+](=O)[O-])c2)c1. The lowest BCUT2D eigenvalue weighted by atomic mass is 10.1. The highest BCUT2D eigenvalue weighted by atomic mass is 16.6. The van der Waals surface area contributed by atoms with Gasteiger partial charge in [-0.3, -0.25) is 19.7 Å². The molecule has 0 atom stereocenters. The van der Waals surface area contributed by atoms with Gasteiger partial charge in [0.15, 0.2) is 18.2 Å². The second kappa shape index (κ2) is 6.68. The van der Waals surface area contributed by atoms with E-state index in [0.717, 1.165) is 0 Å². The Morgan fingerprint density at radius 2 is 1.86 bits per heavy atom. The third kappa shape index (κ3) is 3.58. The Morgan fingerprint density at radius 3 is 2.55 bits per heavy atom. The van der Waals surface area contributed by atoms with Gasteiger partial charge in [-0.05, 0) is 6.07 Å². The average molecular weight is 300 g/mol. The molecule has 0 aliphatic carbocycles. The molecule has 0 amide bonds. The maximum absolute atomic E-state index is 12.2. The van der Waals surface area contributed by atoms with Crippen molar-refractivity contribution in [1.29, 1.82) is 0 Å². The number of nitro benzene ring substituents is 1. The highest BCUT2D eigenvalue weighted by Crippen LogP contribution is 2.13. The number of hydrogen-bond acceptors (Lipinski definition) is 5. The minimum absolute atomic E-state index is 0.0210. The third-order valence-corrected chi connectivity index (χ3v) is 3.07. The van der Waals surface area contributed by atoms with E-state index in [9.17, 15) is 19.7 Å². The molecule has 0 spiro atoms. The molecule has 1 heterocycles. The third-order valence-electron chi connectivity index (χ3n) is 3.07. The second-order valence-electron chi connectivity index (χ2n) is 4.62. The standard InChI is InChI=1S/C15H14N3O4/c16-8-14(19)12-4-2-6-17(9-12)10-15(20)11-3-1-5-13(7-11)18(21)22/h1-7,9H,8,10,16H2/q+1. The Morgan fingerprint density at radius 1 is 1.14 bits per heavy atom. The number of ketones is 2. The zero-order valence-corrected chi connectivity index (χ0v) is 11.6. The summed E-state index contributed by atoms with van der Waals surface area (Å²) in [6, 6.07) is 8.80. The molecule has 0 fully saturated rings. The van der Waals surface area contributed by atoms with Gasteiger partial charge in [-0.1, -0.05) is 12.1 Å². The van der Waals surface area contributed by atoms with Crippen molar-refractivity contribution in [2.75, 3.05) is 6.54 Å². The van der Waals surface area contributed by atoms with Crippen LogP contribution in [0.4, 0.5) is 5.69 Å². The van der Waals surface area contributed by atoms with Crippen molar-refractivity contribution in [2.45, 2.75) is 6.54 Å². The molecule has 2 rings (SSSR count). The molecule has 0 aliphatic heterocycles. The van der Waals surface area contributed by atoms with Crippen LogP contribution in [0, 0.1) is 10.1 Å². The zero-order valence-electron chi connectivity index (χ0n) is 11.6. The van der Waals surface area contributed by atoms with Crippen molar-refractivity contribution < 1.29 is 19.1 Å². The van der Waals surface area contributed by atoms with Gasteiger partial charge in [0.25, 0.3) is 5.69 Å². The summed E-state index contributed by atoms with van der Waals surface area (Å²) in [5.41, 5.74) is 5.83. The molecule has 22 heavy (non-hydrogen) atoms. The van der Waals surface area contributed by atoms with Gasteiger partial charge >= 0.3 is 0 Å². The van der Waals surface area contributed by atoms with E-state index in [-0.39, 0.29) is 35.9 Å². The molecular weight excluding hydrogens is 286 g/mol. The quantitative estimate of drug-likeness (QED) is 0.369. The van der Waals surface area contributed by atoms with E-state index >= 15 is 0 Å². The molecule has 0 unspecified atom stereocenters. The molecule has 0 aliphatic rings. The number of non-ortho nitro benzene ring substituents is 1. The van der Waals surface area contributed by atoms with Gasteiger partial charge in [0.1, 0.15) is 0 Å². The lowest BCUT2D eigenvalue weighted by Gasteiger charge is -2.00. The normalized spacial score (nSPS) is 10.2. The second-order valence-corrected chi connectivity index (χ2v) is 4.62. The molecule has 1 aromatic heterocycles. The molecule has 0 radical (unpaired) electrons. The highest BCUT2D eigenvalue weighted by molar-refractivity contribution is 5.97. The fraction of sp³-hybridized carbons (Fsp3) is 0.133. The van der Waals surface area contributed by atoms with E-state index in [4.69, 9.17) is 5.73 Å². The Bertz CT molecular complexity index is 743. The van der Waals surface area contributed by atoms with Crippen molar-refractivity contribution in [3.05, 3.63) is 70.0 Å². The number of Topliss-reactive ketones (excluding diaryl/α,β-unsaturated/α-hetero) is 2. The Kier molecular flexibility index (Phi) is 4.70. The van der Waals surface area contributed by atoms with E-state index in [1.165, 1.54) is 30.5 Å². The molecule has 1 aromatic carbocycles. The van der Waals surface area contributed by atoms with Gasteiger partial charge in [-0.25, -0.2) is 0 Å². The largest absolute Gasteiger partial charge is 0.324 e. The van der Waals surface area contributed by atoms with Crippen molar-refractivity contribution in [1.82, 2.24) is 0 Å². The van der Waals surface area contributed by atoms with Crippen LogP contribution >= 0.6 is 0 Å². The first-order valence-corrected chi connectivity index (χ1v) is 6.51. The summed E-state index contributed by atoms with van der Waals surface area (Å²) < 4.78 is 1.55. The first-order chi connectivity index (χ1) is 10.5. The van der Waals surface area contributed by atoms with Crippen LogP contribution in [0.5, 0.6) is 0 Å². The minimum Gasteiger partial charge on any atom is -0.324 e. The van der Waals surface area contributed by atoms with Crippen molar-refractivity contribution in [3.63, 3.8) is 0 Å². The molecule has 0 saturated carbocycles. The molecule has 2 aromatic rings. The van der Waals surface area contributed by atoms with Crippen LogP contribution < -0.4 is 10.3 Å². The first kappa shape index (κ1) is 15.5. The number of carbonyl (C=O) groups excluding carboxylic acids is 2. The molecule has 7 nitrogen and oxygen atoms in total. The van der Waals surface area contributed by atoms with E-state index in [0.29, 0.717) is 5.56 Å². The van der Waals surface area contributed by atoms with E-state index in [1.54, 1.807) is 22.9 Å². The lowest BCUT2D eigenvalue weighted by Crippen LogP contribution is -2.38. The number of nitro groups is 1. The summed E-state index contributed by atoms with van der Waals surface area (Å²) in [7, 11) is 0. The van der Waals surface area contributed by atoms with Crippen LogP contribution in [0.1, 0.15) is 20.7 Å². The van der Waals surface area contributed by atoms with Gasteiger partial charge in [-0.2, -0.15) is 4.57 Å². The number of nitrogens with zero attached hydrogens (tertiary/aromatic N) is 2. The topological polar surface area (TPSA) is 107 Å². The maximum Gasteiger partial charge on any atom is 0.270 e. The lowest BCUT2D eigenvalue weighted by molar-refractivity contribution is -0.683. The molecule has 7 heteroatoms. The van der Waals surface area contributed by atoms with Gasteiger partial charge in [-0.15, -0.1) is 0 Å².